The SMILES string of the molecule is C[C@H]1CCc2c(sc(NC(=O)/C(C#N)=C/c3ccc(-c4cc(Cl)ccc4Cl)o3)c2C(N)=O)C1. The highest BCUT2D eigenvalue weighted by Crippen LogP contribution is 2.39. The van der Waals surface area contributed by atoms with Crippen molar-refractivity contribution in [2.45, 2.75) is 26.2 Å². The molecule has 6 nitrogen and oxygen atoms in total. The molecule has 9 heteroatoms. The van der Waals surface area contributed by atoms with Gasteiger partial charge in [-0.25, -0.2) is 0 Å². The van der Waals surface area contributed by atoms with Crippen LogP contribution in [0.4, 0.5) is 5.00 Å². The summed E-state index contributed by atoms with van der Waals surface area (Å²) in [6.45, 7) is 2.15. The molecule has 3 N–H and O–H groups in total. The van der Waals surface area contributed by atoms with Crippen LogP contribution in [0.2, 0.25) is 10.0 Å². The Balaban J connectivity index is 1.60. The van der Waals surface area contributed by atoms with Crippen molar-refractivity contribution in [1.29, 1.82) is 5.26 Å². The van der Waals surface area contributed by atoms with Crippen LogP contribution in [0.3, 0.4) is 0 Å². The summed E-state index contributed by atoms with van der Waals surface area (Å²) >= 11 is 13.6. The van der Waals surface area contributed by atoms with Crippen molar-refractivity contribution in [2.75, 3.05) is 5.32 Å². The summed E-state index contributed by atoms with van der Waals surface area (Å²) in [6, 6.07) is 10.2. The highest BCUT2D eigenvalue weighted by atomic mass is 35.5. The van der Waals surface area contributed by atoms with E-state index in [-0.39, 0.29) is 5.57 Å². The number of thiophene rings is 1. The molecule has 2 amide bonds. The first-order chi connectivity index (χ1) is 15.8. The van der Waals surface area contributed by atoms with E-state index in [0.29, 0.717) is 43.6 Å². The highest BCUT2D eigenvalue weighted by Gasteiger charge is 2.27. The molecule has 0 fully saturated rings. The molecule has 3 aromatic rings. The fraction of sp³-hybridized carbons (Fsp3) is 0.208. The van der Waals surface area contributed by atoms with Crippen LogP contribution < -0.4 is 11.1 Å². The zero-order valence-corrected chi connectivity index (χ0v) is 19.9. The first-order valence-electron chi connectivity index (χ1n) is 10.2. The predicted octanol–water partition coefficient (Wildman–Crippen LogP) is 6.08. The van der Waals surface area contributed by atoms with Gasteiger partial charge in [0.15, 0.2) is 0 Å². The number of halogens is 2. The Morgan fingerprint density at radius 1 is 1.30 bits per heavy atom. The van der Waals surface area contributed by atoms with Crippen LogP contribution in [0, 0.1) is 17.2 Å². The van der Waals surface area contributed by atoms with Crippen molar-refractivity contribution in [2.24, 2.45) is 11.7 Å². The third-order valence-electron chi connectivity index (χ3n) is 5.46. The Kier molecular flexibility index (Phi) is 6.61. The third kappa shape index (κ3) is 4.83. The first-order valence-corrected chi connectivity index (χ1v) is 11.8. The summed E-state index contributed by atoms with van der Waals surface area (Å²) in [6.07, 6.45) is 3.86. The minimum absolute atomic E-state index is 0.178. The van der Waals surface area contributed by atoms with Gasteiger partial charge >= 0.3 is 0 Å². The zero-order valence-electron chi connectivity index (χ0n) is 17.6. The number of primary amides is 1. The van der Waals surface area contributed by atoms with E-state index in [0.717, 1.165) is 29.7 Å². The standard InChI is InChI=1S/C24H19Cl2N3O3S/c1-12-2-5-16-20(8-12)33-24(21(16)22(28)30)29-23(31)13(11-27)9-15-4-7-19(32-15)17-10-14(25)3-6-18(17)26/h3-4,6-7,9-10,12H,2,5,8H2,1H3,(H2,28,30)(H,29,31)/b13-9+/t12-/m0/s1. The molecule has 1 aromatic carbocycles. The Morgan fingerprint density at radius 3 is 2.82 bits per heavy atom. The second-order valence-electron chi connectivity index (χ2n) is 7.87. The molecule has 2 aromatic heterocycles. The number of benzene rings is 1. The molecule has 4 rings (SSSR count). The van der Waals surface area contributed by atoms with Gasteiger partial charge in [-0.3, -0.25) is 9.59 Å². The van der Waals surface area contributed by atoms with E-state index in [4.69, 9.17) is 33.4 Å². The molecular formula is C24H19Cl2N3O3S. The van der Waals surface area contributed by atoms with Crippen LogP contribution in [-0.4, -0.2) is 11.8 Å². The molecule has 0 radical (unpaired) electrons. The van der Waals surface area contributed by atoms with Crippen molar-refractivity contribution in [3.8, 4) is 17.4 Å². The topological polar surface area (TPSA) is 109 Å². The van der Waals surface area contributed by atoms with E-state index < -0.39 is 11.8 Å². The van der Waals surface area contributed by atoms with Gasteiger partial charge < -0.3 is 15.5 Å². The summed E-state index contributed by atoms with van der Waals surface area (Å²) in [5.74, 6) is 0.000113. The lowest BCUT2D eigenvalue weighted by atomic mass is 9.88. The number of nitrogens with zero attached hydrogens (tertiary/aromatic N) is 1. The molecule has 0 unspecified atom stereocenters. The average Bonchev–Trinajstić information content (AvgIpc) is 3.37. The van der Waals surface area contributed by atoms with E-state index in [2.05, 4.69) is 12.2 Å². The van der Waals surface area contributed by atoms with Crippen molar-refractivity contribution >= 4 is 57.4 Å². The van der Waals surface area contributed by atoms with Crippen LogP contribution in [0.15, 0.2) is 40.3 Å². The predicted molar refractivity (Wildman–Crippen MR) is 130 cm³/mol. The minimum Gasteiger partial charge on any atom is -0.457 e. The summed E-state index contributed by atoms with van der Waals surface area (Å²) in [4.78, 5) is 26.0. The van der Waals surface area contributed by atoms with Crippen LogP contribution in [-0.2, 0) is 17.6 Å². The lowest BCUT2D eigenvalue weighted by Crippen LogP contribution is -2.19. The Morgan fingerprint density at radius 2 is 2.09 bits per heavy atom. The van der Waals surface area contributed by atoms with Crippen LogP contribution in [0.1, 0.15) is 39.9 Å². The number of nitrogens with one attached hydrogen (secondary N) is 1. The Bertz CT molecular complexity index is 1330. The van der Waals surface area contributed by atoms with E-state index in [1.54, 1.807) is 30.3 Å². The first kappa shape index (κ1) is 23.1. The van der Waals surface area contributed by atoms with Gasteiger partial charge in [0, 0.05) is 21.5 Å². The van der Waals surface area contributed by atoms with Crippen molar-refractivity contribution in [3.05, 3.63) is 67.7 Å². The molecule has 0 saturated carbocycles. The fourth-order valence-electron chi connectivity index (χ4n) is 3.82. The number of anilines is 1. The lowest BCUT2D eigenvalue weighted by Gasteiger charge is -2.18. The monoisotopic (exact) mass is 499 g/mol. The van der Waals surface area contributed by atoms with Crippen LogP contribution in [0.5, 0.6) is 0 Å². The molecule has 0 bridgehead atoms. The summed E-state index contributed by atoms with van der Waals surface area (Å²) < 4.78 is 5.76. The largest absolute Gasteiger partial charge is 0.457 e. The molecular weight excluding hydrogens is 481 g/mol. The molecule has 2 heterocycles. The number of hydrogen-bond donors (Lipinski definition) is 2. The molecule has 168 valence electrons. The average molecular weight is 500 g/mol. The fourth-order valence-corrected chi connectivity index (χ4v) is 5.62. The number of rotatable bonds is 5. The van der Waals surface area contributed by atoms with Gasteiger partial charge in [0.25, 0.3) is 11.8 Å². The third-order valence-corrected chi connectivity index (χ3v) is 7.19. The quantitative estimate of drug-likeness (QED) is 0.327. The van der Waals surface area contributed by atoms with E-state index in [1.807, 2.05) is 6.07 Å². The summed E-state index contributed by atoms with van der Waals surface area (Å²) in [7, 11) is 0. The smallest absolute Gasteiger partial charge is 0.267 e. The van der Waals surface area contributed by atoms with Crippen LogP contribution in [0.25, 0.3) is 17.4 Å². The summed E-state index contributed by atoms with van der Waals surface area (Å²) in [5, 5.41) is 13.6. The van der Waals surface area contributed by atoms with Crippen molar-refractivity contribution in [3.63, 3.8) is 0 Å². The number of amides is 2. The molecule has 1 atom stereocenters. The number of furan rings is 1. The van der Waals surface area contributed by atoms with Crippen molar-refractivity contribution < 1.29 is 14.0 Å². The molecule has 0 saturated heterocycles. The molecule has 1 aliphatic rings. The maximum atomic E-state index is 12.8. The zero-order chi connectivity index (χ0) is 23.7. The number of carbonyl (C=O) groups excluding carboxylic acids is 2. The second kappa shape index (κ2) is 9.44. The number of hydrogen-bond acceptors (Lipinski definition) is 5. The van der Waals surface area contributed by atoms with Gasteiger partial charge in [-0.1, -0.05) is 30.1 Å². The van der Waals surface area contributed by atoms with Crippen molar-refractivity contribution in [1.82, 2.24) is 0 Å². The van der Waals surface area contributed by atoms with Crippen LogP contribution >= 0.6 is 34.5 Å². The Labute approximate surface area is 204 Å². The number of carbonyl (C=O) groups is 2. The summed E-state index contributed by atoms with van der Waals surface area (Å²) in [5.41, 5.74) is 7.26. The molecule has 0 spiro atoms. The van der Waals surface area contributed by atoms with Gasteiger partial charge in [-0.15, -0.1) is 11.3 Å². The van der Waals surface area contributed by atoms with Gasteiger partial charge in [-0.2, -0.15) is 5.26 Å². The molecule has 0 aliphatic heterocycles. The maximum Gasteiger partial charge on any atom is 0.267 e. The normalized spacial score (nSPS) is 15.6. The van der Waals surface area contributed by atoms with E-state index in [9.17, 15) is 14.9 Å². The highest BCUT2D eigenvalue weighted by molar-refractivity contribution is 7.17. The van der Waals surface area contributed by atoms with Gasteiger partial charge in [0.2, 0.25) is 0 Å². The minimum atomic E-state index is -0.648. The Hall–Kier alpha value is -3.05. The number of nitriles is 1. The second-order valence-corrected chi connectivity index (χ2v) is 9.82. The van der Waals surface area contributed by atoms with Gasteiger partial charge in [-0.05, 0) is 61.1 Å². The van der Waals surface area contributed by atoms with E-state index in [1.165, 1.54) is 17.4 Å². The number of fused-ring (bicyclic) bond motifs is 1. The van der Waals surface area contributed by atoms with E-state index >= 15 is 0 Å². The van der Waals surface area contributed by atoms with Gasteiger partial charge in [0.1, 0.15) is 28.2 Å². The number of nitrogens with two attached hydrogens (primary N) is 1. The van der Waals surface area contributed by atoms with Gasteiger partial charge in [0.05, 0.1) is 10.6 Å². The molecule has 33 heavy (non-hydrogen) atoms. The lowest BCUT2D eigenvalue weighted by molar-refractivity contribution is -0.112. The molecule has 1 aliphatic carbocycles. The maximum absolute atomic E-state index is 12.8.